The molecule has 0 saturated heterocycles. The van der Waals surface area contributed by atoms with Crippen molar-refractivity contribution in [1.82, 2.24) is 4.98 Å². The number of ether oxygens (including phenoxy) is 1. The Morgan fingerprint density at radius 1 is 1.47 bits per heavy atom. The van der Waals surface area contributed by atoms with Crippen LogP contribution in [-0.4, -0.2) is 16.8 Å². The molecular formula is C8H5ClF3NO2. The average Bonchev–Trinajstić information content (AvgIpc) is 2.14. The van der Waals surface area contributed by atoms with Crippen molar-refractivity contribution in [3.8, 4) is 5.75 Å². The van der Waals surface area contributed by atoms with Crippen molar-refractivity contribution in [2.45, 2.75) is 6.18 Å². The maximum absolute atomic E-state index is 12.1. The highest BCUT2D eigenvalue weighted by molar-refractivity contribution is 6.63. The monoisotopic (exact) mass is 239 g/mol. The summed E-state index contributed by atoms with van der Waals surface area (Å²) in [5.41, 5.74) is -1.02. The summed E-state index contributed by atoms with van der Waals surface area (Å²) in [7, 11) is 0. The first-order valence-electron chi connectivity index (χ1n) is 3.74. The Labute approximate surface area is 87.8 Å². The number of nitrogens with zero attached hydrogens (tertiary/aromatic N) is 1. The number of halogens is 4. The Kier molecular flexibility index (Phi) is 3.52. The Morgan fingerprint density at radius 3 is 2.53 bits per heavy atom. The largest absolute Gasteiger partial charge is 0.483 e. The lowest BCUT2D eigenvalue weighted by molar-refractivity contribution is -0.141. The minimum Gasteiger partial charge on any atom is -0.483 e. The summed E-state index contributed by atoms with van der Waals surface area (Å²) in [5.74, 6) is 0.0528. The summed E-state index contributed by atoms with van der Waals surface area (Å²) in [5, 5.41) is -0.741. The van der Waals surface area contributed by atoms with E-state index in [2.05, 4.69) is 4.98 Å². The quantitative estimate of drug-likeness (QED) is 0.760. The summed E-state index contributed by atoms with van der Waals surface area (Å²) in [4.78, 5) is 13.4. The van der Waals surface area contributed by atoms with Gasteiger partial charge in [0, 0.05) is 0 Å². The third kappa shape index (κ3) is 3.75. The topological polar surface area (TPSA) is 39.2 Å². The second-order valence-corrected chi connectivity index (χ2v) is 2.94. The minimum atomic E-state index is -4.49. The number of hydrogen-bond donors (Lipinski definition) is 0. The molecule has 0 aliphatic heterocycles. The SMILES string of the molecule is O=C(Cl)COc1ccc(C(F)(F)F)nc1. The maximum atomic E-state index is 12.1. The molecule has 0 saturated carbocycles. The van der Waals surface area contributed by atoms with E-state index >= 15 is 0 Å². The van der Waals surface area contributed by atoms with Crippen LogP contribution in [0.4, 0.5) is 13.2 Å². The molecule has 1 aromatic heterocycles. The number of rotatable bonds is 3. The number of aromatic nitrogens is 1. The average molecular weight is 240 g/mol. The predicted octanol–water partition coefficient (Wildman–Crippen LogP) is 2.24. The molecule has 0 unspecified atom stereocenters. The Hall–Kier alpha value is -1.30. The van der Waals surface area contributed by atoms with Crippen LogP contribution in [0.15, 0.2) is 18.3 Å². The highest BCUT2D eigenvalue weighted by Crippen LogP contribution is 2.28. The van der Waals surface area contributed by atoms with Crippen LogP contribution < -0.4 is 4.74 Å². The molecule has 0 aliphatic rings. The summed E-state index contributed by atoms with van der Waals surface area (Å²) >= 11 is 4.97. The molecule has 0 N–H and O–H groups in total. The summed E-state index contributed by atoms with van der Waals surface area (Å²) in [6, 6.07) is 1.82. The smallest absolute Gasteiger partial charge is 0.433 e. The van der Waals surface area contributed by atoms with Crippen molar-refractivity contribution in [2.24, 2.45) is 0 Å². The van der Waals surface area contributed by atoms with Gasteiger partial charge in [-0.05, 0) is 23.7 Å². The van der Waals surface area contributed by atoms with Crippen LogP contribution in [0.5, 0.6) is 5.75 Å². The van der Waals surface area contributed by atoms with E-state index in [4.69, 9.17) is 16.3 Å². The molecule has 0 aromatic carbocycles. The third-order valence-electron chi connectivity index (χ3n) is 1.38. The van der Waals surface area contributed by atoms with Gasteiger partial charge in [-0.15, -0.1) is 0 Å². The van der Waals surface area contributed by atoms with Crippen molar-refractivity contribution < 1.29 is 22.7 Å². The zero-order valence-electron chi connectivity index (χ0n) is 7.21. The van der Waals surface area contributed by atoms with E-state index in [0.717, 1.165) is 18.3 Å². The number of pyridine rings is 1. The Morgan fingerprint density at radius 2 is 2.13 bits per heavy atom. The van der Waals surface area contributed by atoms with Gasteiger partial charge in [-0.2, -0.15) is 13.2 Å². The second-order valence-electron chi connectivity index (χ2n) is 2.52. The molecular weight excluding hydrogens is 235 g/mol. The summed E-state index contributed by atoms with van der Waals surface area (Å²) < 4.78 is 40.9. The van der Waals surface area contributed by atoms with E-state index in [1.165, 1.54) is 0 Å². The fourth-order valence-corrected chi connectivity index (χ4v) is 0.828. The first-order valence-corrected chi connectivity index (χ1v) is 4.12. The molecule has 1 aromatic rings. The minimum absolute atomic E-state index is 0.0528. The molecule has 1 rings (SSSR count). The zero-order chi connectivity index (χ0) is 11.5. The predicted molar refractivity (Wildman–Crippen MR) is 45.6 cm³/mol. The maximum Gasteiger partial charge on any atom is 0.433 e. The summed E-state index contributed by atoms with van der Waals surface area (Å²) in [6.45, 7) is -0.408. The van der Waals surface area contributed by atoms with E-state index in [1.807, 2.05) is 0 Å². The van der Waals surface area contributed by atoms with Crippen molar-refractivity contribution in [3.05, 3.63) is 24.0 Å². The molecule has 0 fully saturated rings. The van der Waals surface area contributed by atoms with Gasteiger partial charge in [0.1, 0.15) is 11.4 Å². The van der Waals surface area contributed by atoms with Gasteiger partial charge in [0.2, 0.25) is 0 Å². The second kappa shape index (κ2) is 4.48. The number of hydrogen-bond acceptors (Lipinski definition) is 3. The normalized spacial score (nSPS) is 11.2. The van der Waals surface area contributed by atoms with Crippen LogP contribution in [-0.2, 0) is 11.0 Å². The molecule has 7 heteroatoms. The molecule has 1 heterocycles. The van der Waals surface area contributed by atoms with Crippen LogP contribution in [0.1, 0.15) is 5.69 Å². The molecule has 3 nitrogen and oxygen atoms in total. The lowest BCUT2D eigenvalue weighted by Crippen LogP contribution is -2.08. The van der Waals surface area contributed by atoms with E-state index in [1.54, 1.807) is 0 Å². The van der Waals surface area contributed by atoms with Gasteiger partial charge in [-0.25, -0.2) is 4.98 Å². The molecule has 0 aliphatic carbocycles. The summed E-state index contributed by atoms with van der Waals surface area (Å²) in [6.07, 6.45) is -3.61. The molecule has 15 heavy (non-hydrogen) atoms. The highest BCUT2D eigenvalue weighted by atomic mass is 35.5. The van der Waals surface area contributed by atoms with E-state index in [0.29, 0.717) is 0 Å². The van der Waals surface area contributed by atoms with Crippen LogP contribution in [0.2, 0.25) is 0 Å². The fraction of sp³-hybridized carbons (Fsp3) is 0.250. The molecule has 0 atom stereocenters. The molecule has 82 valence electrons. The van der Waals surface area contributed by atoms with Crippen LogP contribution in [0, 0.1) is 0 Å². The Balaban J connectivity index is 2.69. The van der Waals surface area contributed by atoms with E-state index in [-0.39, 0.29) is 5.75 Å². The van der Waals surface area contributed by atoms with Gasteiger partial charge in [0.25, 0.3) is 5.24 Å². The van der Waals surface area contributed by atoms with Crippen LogP contribution in [0.3, 0.4) is 0 Å². The van der Waals surface area contributed by atoms with Gasteiger partial charge in [0.05, 0.1) is 6.20 Å². The van der Waals surface area contributed by atoms with E-state index < -0.39 is 23.7 Å². The first kappa shape index (κ1) is 11.8. The highest BCUT2D eigenvalue weighted by Gasteiger charge is 2.32. The van der Waals surface area contributed by atoms with Crippen molar-refractivity contribution in [2.75, 3.05) is 6.61 Å². The molecule has 0 bridgehead atoms. The number of carbonyl (C=O) groups is 1. The van der Waals surface area contributed by atoms with Crippen molar-refractivity contribution >= 4 is 16.8 Å². The lowest BCUT2D eigenvalue weighted by atomic mass is 10.3. The van der Waals surface area contributed by atoms with E-state index in [9.17, 15) is 18.0 Å². The van der Waals surface area contributed by atoms with Crippen LogP contribution in [0.25, 0.3) is 0 Å². The standard InChI is InChI=1S/C8H5ClF3NO2/c9-7(14)4-15-5-1-2-6(13-3-5)8(10,11)12/h1-3H,4H2. The van der Waals surface area contributed by atoms with Gasteiger partial charge in [0.15, 0.2) is 6.61 Å². The molecule has 0 amide bonds. The van der Waals surface area contributed by atoms with Gasteiger partial charge in [-0.1, -0.05) is 0 Å². The first-order chi connectivity index (χ1) is 6.89. The van der Waals surface area contributed by atoms with Gasteiger partial charge >= 0.3 is 6.18 Å². The Bertz CT molecular complexity index is 350. The molecule has 0 radical (unpaired) electrons. The zero-order valence-corrected chi connectivity index (χ0v) is 7.97. The van der Waals surface area contributed by atoms with Crippen molar-refractivity contribution in [1.29, 1.82) is 0 Å². The van der Waals surface area contributed by atoms with Crippen LogP contribution >= 0.6 is 11.6 Å². The molecule has 0 spiro atoms. The fourth-order valence-electron chi connectivity index (χ4n) is 0.773. The van der Waals surface area contributed by atoms with Gasteiger partial charge in [-0.3, -0.25) is 4.79 Å². The van der Waals surface area contributed by atoms with Crippen molar-refractivity contribution in [3.63, 3.8) is 0 Å². The lowest BCUT2D eigenvalue weighted by Gasteiger charge is -2.06. The third-order valence-corrected chi connectivity index (χ3v) is 1.49. The number of carbonyl (C=O) groups excluding carboxylic acids is 1. The number of alkyl halides is 3. The van der Waals surface area contributed by atoms with Gasteiger partial charge < -0.3 is 4.74 Å².